The van der Waals surface area contributed by atoms with Crippen LogP contribution in [0.5, 0.6) is 0 Å². The van der Waals surface area contributed by atoms with Gasteiger partial charge in [-0.15, -0.1) is 0 Å². The molecule has 30 heavy (non-hydrogen) atoms. The fourth-order valence-corrected chi connectivity index (χ4v) is 8.51. The summed E-state index contributed by atoms with van der Waals surface area (Å²) in [5.41, 5.74) is 1.04. The highest BCUT2D eigenvalue weighted by Crippen LogP contribution is 2.67. The van der Waals surface area contributed by atoms with Crippen molar-refractivity contribution in [1.82, 2.24) is 0 Å². The predicted molar refractivity (Wildman–Crippen MR) is 121 cm³/mol. The fourth-order valence-electron chi connectivity index (χ4n) is 8.51. The summed E-state index contributed by atoms with van der Waals surface area (Å²) in [6.45, 7) is 11.7. The van der Waals surface area contributed by atoms with E-state index in [1.54, 1.807) is 0 Å². The smallest absolute Gasteiger partial charge is 0.155 e. The quantitative estimate of drug-likeness (QED) is 0.619. The minimum atomic E-state index is -0.368. The minimum Gasteiger partial charge on any atom is -0.393 e. The lowest BCUT2D eigenvalue weighted by Crippen LogP contribution is -2.60. The first kappa shape index (κ1) is 22.5. The van der Waals surface area contributed by atoms with Crippen LogP contribution in [0.3, 0.4) is 0 Å². The average molecular weight is 417 g/mol. The highest BCUT2D eigenvalue weighted by molar-refractivity contribution is 5.91. The summed E-state index contributed by atoms with van der Waals surface area (Å²) in [6, 6.07) is 0. The molecule has 3 saturated carbocycles. The summed E-state index contributed by atoms with van der Waals surface area (Å²) in [5, 5.41) is 22.9. The number of hydrogen-bond donors (Lipinski definition) is 2. The Hall–Kier alpha value is -0.670. The van der Waals surface area contributed by atoms with E-state index in [2.05, 4.69) is 34.6 Å². The van der Waals surface area contributed by atoms with E-state index in [1.807, 2.05) is 6.08 Å². The van der Waals surface area contributed by atoms with Crippen LogP contribution in [0.2, 0.25) is 0 Å². The lowest BCUT2D eigenvalue weighted by atomic mass is 9.45. The fraction of sp³-hybridized carbons (Fsp3) is 0.889. The Balaban J connectivity index is 1.59. The van der Waals surface area contributed by atoms with E-state index in [0.717, 1.165) is 30.8 Å². The molecule has 0 aromatic carbocycles. The average Bonchev–Trinajstić information content (AvgIpc) is 3.02. The number of aliphatic hydroxyl groups excluding tert-OH is 2. The molecular weight excluding hydrogens is 372 g/mol. The molecule has 0 spiro atoms. The van der Waals surface area contributed by atoms with Gasteiger partial charge in [-0.05, 0) is 84.5 Å². The molecule has 0 amide bonds. The van der Waals surface area contributed by atoms with Gasteiger partial charge in [0.2, 0.25) is 0 Å². The molecule has 0 bridgehead atoms. The Morgan fingerprint density at radius 1 is 1.10 bits per heavy atom. The number of hydrogen-bond acceptors (Lipinski definition) is 3. The molecule has 0 aliphatic heterocycles. The molecule has 2 N–H and O–H groups in total. The molecule has 3 fully saturated rings. The Labute approximate surface area is 183 Å². The van der Waals surface area contributed by atoms with Gasteiger partial charge in [0.15, 0.2) is 5.78 Å². The zero-order valence-corrected chi connectivity index (χ0v) is 19.9. The number of aliphatic hydroxyl groups is 2. The topological polar surface area (TPSA) is 57.5 Å². The summed E-state index contributed by atoms with van der Waals surface area (Å²) in [7, 11) is 0. The Kier molecular flexibility index (Phi) is 6.03. The van der Waals surface area contributed by atoms with Crippen molar-refractivity contribution in [2.24, 2.45) is 46.3 Å². The first-order valence-electron chi connectivity index (χ1n) is 12.7. The summed E-state index contributed by atoms with van der Waals surface area (Å²) in [5.74, 6) is 3.11. The van der Waals surface area contributed by atoms with Crippen molar-refractivity contribution in [3.63, 3.8) is 0 Å². The minimum absolute atomic E-state index is 0.0267. The molecule has 170 valence electrons. The maximum atomic E-state index is 12.1. The van der Waals surface area contributed by atoms with Gasteiger partial charge in [-0.25, -0.2) is 0 Å². The first-order chi connectivity index (χ1) is 14.1. The third-order valence-electron chi connectivity index (χ3n) is 10.3. The van der Waals surface area contributed by atoms with Gasteiger partial charge in [0, 0.05) is 6.42 Å². The zero-order chi connectivity index (χ0) is 21.8. The molecule has 4 rings (SSSR count). The van der Waals surface area contributed by atoms with E-state index in [-0.39, 0.29) is 34.7 Å². The molecule has 3 nitrogen and oxygen atoms in total. The van der Waals surface area contributed by atoms with Gasteiger partial charge in [0.25, 0.3) is 0 Å². The molecule has 0 saturated heterocycles. The maximum Gasteiger partial charge on any atom is 0.155 e. The highest BCUT2D eigenvalue weighted by Gasteiger charge is 2.64. The van der Waals surface area contributed by atoms with Crippen molar-refractivity contribution in [2.45, 2.75) is 105 Å². The Morgan fingerprint density at radius 2 is 1.83 bits per heavy atom. The second-order valence-corrected chi connectivity index (χ2v) is 12.2. The van der Waals surface area contributed by atoms with Gasteiger partial charge in [0.1, 0.15) is 0 Å². The largest absolute Gasteiger partial charge is 0.393 e. The SMILES string of the molecule is CC(C)CCCC(C)C1CCC2C3C(O)CC4=CC(=O)CCC4(C)C3C[C@H](O)C12C. The third-order valence-corrected chi connectivity index (χ3v) is 10.3. The van der Waals surface area contributed by atoms with Crippen LogP contribution in [-0.2, 0) is 4.79 Å². The number of ketones is 1. The molecule has 3 heteroatoms. The first-order valence-corrected chi connectivity index (χ1v) is 12.7. The van der Waals surface area contributed by atoms with Crippen LogP contribution >= 0.6 is 0 Å². The third kappa shape index (κ3) is 3.43. The van der Waals surface area contributed by atoms with Crippen LogP contribution in [0, 0.1) is 46.3 Å². The predicted octanol–water partition coefficient (Wildman–Crippen LogP) is 5.54. The molecular formula is C27H44O3. The number of carbonyl (C=O) groups excluding carboxylic acids is 1. The van der Waals surface area contributed by atoms with Crippen LogP contribution in [-0.4, -0.2) is 28.2 Å². The lowest BCUT2D eigenvalue weighted by Gasteiger charge is -2.61. The highest BCUT2D eigenvalue weighted by atomic mass is 16.3. The van der Waals surface area contributed by atoms with Crippen molar-refractivity contribution in [1.29, 1.82) is 0 Å². The van der Waals surface area contributed by atoms with Crippen LogP contribution in [0.15, 0.2) is 11.6 Å². The summed E-state index contributed by atoms with van der Waals surface area (Å²) >= 11 is 0. The van der Waals surface area contributed by atoms with E-state index in [9.17, 15) is 15.0 Å². The molecule has 0 aromatic heterocycles. The second kappa shape index (κ2) is 8.03. The Bertz CT molecular complexity index is 696. The van der Waals surface area contributed by atoms with Gasteiger partial charge in [0.05, 0.1) is 12.2 Å². The van der Waals surface area contributed by atoms with E-state index in [4.69, 9.17) is 0 Å². The Morgan fingerprint density at radius 3 is 2.53 bits per heavy atom. The summed E-state index contributed by atoms with van der Waals surface area (Å²) in [6.07, 6.45) is 10.2. The molecule has 9 atom stereocenters. The number of rotatable bonds is 5. The molecule has 0 radical (unpaired) electrons. The van der Waals surface area contributed by atoms with Gasteiger partial charge in [-0.3, -0.25) is 4.79 Å². The van der Waals surface area contributed by atoms with E-state index in [0.29, 0.717) is 36.5 Å². The molecule has 0 aromatic rings. The van der Waals surface area contributed by atoms with Gasteiger partial charge in [-0.2, -0.15) is 0 Å². The van der Waals surface area contributed by atoms with E-state index >= 15 is 0 Å². The number of fused-ring (bicyclic) bond motifs is 5. The van der Waals surface area contributed by atoms with E-state index in [1.165, 1.54) is 25.7 Å². The van der Waals surface area contributed by atoms with Crippen molar-refractivity contribution >= 4 is 5.78 Å². The lowest BCUT2D eigenvalue weighted by molar-refractivity contribution is -0.168. The molecule has 4 aliphatic carbocycles. The van der Waals surface area contributed by atoms with Crippen LogP contribution < -0.4 is 0 Å². The van der Waals surface area contributed by atoms with Gasteiger partial charge in [-0.1, -0.05) is 59.5 Å². The van der Waals surface area contributed by atoms with Crippen molar-refractivity contribution in [3.8, 4) is 0 Å². The van der Waals surface area contributed by atoms with Gasteiger partial charge >= 0.3 is 0 Å². The van der Waals surface area contributed by atoms with Crippen molar-refractivity contribution in [2.75, 3.05) is 0 Å². The van der Waals surface area contributed by atoms with Crippen molar-refractivity contribution < 1.29 is 15.0 Å². The summed E-state index contributed by atoms with van der Waals surface area (Å²) in [4.78, 5) is 12.1. The van der Waals surface area contributed by atoms with Crippen LogP contribution in [0.25, 0.3) is 0 Å². The standard InChI is InChI=1S/C27H44O3/c1-16(2)7-6-8-17(3)20-9-10-21-25-22(15-24(30)27(20,21)5)26(4)12-11-19(28)13-18(26)14-23(25)29/h13,16-17,20-25,29-30H,6-12,14-15H2,1-5H3/t17?,20?,21?,22?,23?,24-,25?,26?,27?/m0/s1. The maximum absolute atomic E-state index is 12.1. The van der Waals surface area contributed by atoms with E-state index < -0.39 is 0 Å². The normalized spacial score (nSPS) is 46.8. The van der Waals surface area contributed by atoms with Crippen LogP contribution in [0.1, 0.15) is 92.4 Å². The zero-order valence-electron chi connectivity index (χ0n) is 19.9. The summed E-state index contributed by atoms with van der Waals surface area (Å²) < 4.78 is 0. The monoisotopic (exact) mass is 416 g/mol. The molecule has 8 unspecified atom stereocenters. The van der Waals surface area contributed by atoms with Crippen LogP contribution in [0.4, 0.5) is 0 Å². The molecule has 4 aliphatic rings. The number of carbonyl (C=O) groups is 1. The second-order valence-electron chi connectivity index (χ2n) is 12.2. The van der Waals surface area contributed by atoms with Gasteiger partial charge < -0.3 is 10.2 Å². The molecule has 0 heterocycles. The van der Waals surface area contributed by atoms with Crippen molar-refractivity contribution in [3.05, 3.63) is 11.6 Å².